The van der Waals surface area contributed by atoms with Gasteiger partial charge in [0.05, 0.1) is 6.16 Å². The van der Waals surface area contributed by atoms with Crippen LogP contribution in [0.25, 0.3) is 0 Å². The highest BCUT2D eigenvalue weighted by Gasteiger charge is 2.46. The van der Waals surface area contributed by atoms with Gasteiger partial charge in [0, 0.05) is 19.0 Å². The predicted molar refractivity (Wildman–Crippen MR) is 141 cm³/mol. The highest BCUT2D eigenvalue weighted by molar-refractivity contribution is 7.95. The molecule has 0 aliphatic carbocycles. The second kappa shape index (κ2) is 10.1. The molecule has 4 rings (SSSR count). The van der Waals surface area contributed by atoms with Crippen LogP contribution in [-0.4, -0.2) is 35.3 Å². The minimum atomic E-state index is -1.88. The lowest BCUT2D eigenvalue weighted by molar-refractivity contribution is 0.0224. The number of amides is 1. The average molecular weight is 461 g/mol. The van der Waals surface area contributed by atoms with Gasteiger partial charge in [-0.25, -0.2) is 4.79 Å². The Morgan fingerprint density at radius 2 is 1.30 bits per heavy atom. The molecule has 0 N–H and O–H groups in total. The van der Waals surface area contributed by atoms with E-state index in [0.717, 1.165) is 32.0 Å². The van der Waals surface area contributed by atoms with Crippen LogP contribution in [-0.2, 0) is 4.74 Å². The number of likely N-dealkylation sites (tertiary alicyclic amines) is 1. The summed E-state index contributed by atoms with van der Waals surface area (Å²) in [5.41, 5.74) is -0.473. The summed E-state index contributed by atoms with van der Waals surface area (Å²) >= 11 is 0. The minimum absolute atomic E-state index is 0.173. The second-order valence-electron chi connectivity index (χ2n) is 9.80. The summed E-state index contributed by atoms with van der Waals surface area (Å²) in [7, 11) is -1.88. The van der Waals surface area contributed by atoms with Crippen molar-refractivity contribution in [3.63, 3.8) is 0 Å². The highest BCUT2D eigenvalue weighted by Crippen LogP contribution is 2.56. The molecule has 3 aromatic carbocycles. The standard InChI is InChI=1S/C29H35NO2P/c1-29(2,3)32-28(31)30-22-13-14-24(30)21-23-33(25-15-7-4-8-16-25,26-17-9-5-10-18-26)27-19-11-6-12-20-27/h4-12,15-20,24H,13-14,21-23H2,1-3H3/q+1. The third-order valence-electron chi connectivity index (χ3n) is 6.39. The van der Waals surface area contributed by atoms with Crippen LogP contribution in [0.1, 0.15) is 40.0 Å². The van der Waals surface area contributed by atoms with Gasteiger partial charge >= 0.3 is 6.09 Å². The van der Waals surface area contributed by atoms with Crippen molar-refractivity contribution >= 4 is 29.3 Å². The Labute approximate surface area is 199 Å². The van der Waals surface area contributed by atoms with E-state index in [-0.39, 0.29) is 12.1 Å². The zero-order valence-corrected chi connectivity index (χ0v) is 20.9. The first-order chi connectivity index (χ1) is 15.9. The van der Waals surface area contributed by atoms with Crippen molar-refractivity contribution in [2.45, 2.75) is 51.7 Å². The first-order valence-electron chi connectivity index (χ1n) is 11.9. The summed E-state index contributed by atoms with van der Waals surface area (Å²) in [5, 5.41) is 4.18. The second-order valence-corrected chi connectivity index (χ2v) is 13.4. The Balaban J connectivity index is 1.71. The maximum absolute atomic E-state index is 12.9. The molecule has 1 heterocycles. The number of carbonyl (C=O) groups is 1. The van der Waals surface area contributed by atoms with Crippen LogP contribution in [0.2, 0.25) is 0 Å². The fourth-order valence-corrected chi connectivity index (χ4v) is 9.32. The number of rotatable bonds is 6. The van der Waals surface area contributed by atoms with E-state index in [1.807, 2.05) is 25.7 Å². The van der Waals surface area contributed by atoms with E-state index in [2.05, 4.69) is 91.0 Å². The lowest BCUT2D eigenvalue weighted by atomic mass is 10.2. The molecule has 0 aromatic heterocycles. The van der Waals surface area contributed by atoms with Gasteiger partial charge in [0.15, 0.2) is 0 Å². The fraction of sp³-hybridized carbons (Fsp3) is 0.345. The van der Waals surface area contributed by atoms with Crippen molar-refractivity contribution in [3.8, 4) is 0 Å². The van der Waals surface area contributed by atoms with Crippen LogP contribution in [0.4, 0.5) is 4.79 Å². The number of nitrogens with zero attached hydrogens (tertiary/aromatic N) is 1. The number of carbonyl (C=O) groups excluding carboxylic acids is 1. The van der Waals surface area contributed by atoms with Crippen molar-refractivity contribution in [1.29, 1.82) is 0 Å². The lowest BCUT2D eigenvalue weighted by Gasteiger charge is -2.32. The monoisotopic (exact) mass is 460 g/mol. The van der Waals surface area contributed by atoms with E-state index in [0.29, 0.717) is 0 Å². The van der Waals surface area contributed by atoms with Crippen molar-refractivity contribution in [2.24, 2.45) is 0 Å². The molecule has 1 atom stereocenters. The van der Waals surface area contributed by atoms with Crippen LogP contribution < -0.4 is 15.9 Å². The zero-order chi connectivity index (χ0) is 23.3. The molecule has 0 radical (unpaired) electrons. The molecule has 1 unspecified atom stereocenters. The van der Waals surface area contributed by atoms with E-state index in [9.17, 15) is 4.79 Å². The molecule has 172 valence electrons. The largest absolute Gasteiger partial charge is 0.444 e. The molecule has 1 fully saturated rings. The quantitative estimate of drug-likeness (QED) is 0.437. The Hall–Kier alpha value is -2.64. The van der Waals surface area contributed by atoms with Gasteiger partial charge in [-0.1, -0.05) is 54.6 Å². The van der Waals surface area contributed by atoms with Crippen molar-refractivity contribution in [2.75, 3.05) is 12.7 Å². The number of hydrogen-bond acceptors (Lipinski definition) is 2. The topological polar surface area (TPSA) is 29.5 Å². The molecule has 3 aromatic rings. The molecule has 4 heteroatoms. The van der Waals surface area contributed by atoms with Gasteiger partial charge in [0.2, 0.25) is 0 Å². The smallest absolute Gasteiger partial charge is 0.410 e. The number of ether oxygens (including phenoxy) is 1. The summed E-state index contributed by atoms with van der Waals surface area (Å²) < 4.78 is 5.73. The van der Waals surface area contributed by atoms with Crippen molar-refractivity contribution in [3.05, 3.63) is 91.0 Å². The maximum atomic E-state index is 12.9. The van der Waals surface area contributed by atoms with Crippen LogP contribution in [0.15, 0.2) is 91.0 Å². The van der Waals surface area contributed by atoms with Crippen LogP contribution >= 0.6 is 7.26 Å². The first-order valence-corrected chi connectivity index (χ1v) is 13.9. The van der Waals surface area contributed by atoms with Crippen LogP contribution in [0.5, 0.6) is 0 Å². The molecule has 3 nitrogen and oxygen atoms in total. The van der Waals surface area contributed by atoms with Crippen molar-refractivity contribution in [1.82, 2.24) is 4.90 Å². The Morgan fingerprint density at radius 1 is 0.848 bits per heavy atom. The molecule has 1 saturated heterocycles. The molecule has 0 bridgehead atoms. The van der Waals surface area contributed by atoms with Gasteiger partial charge in [-0.3, -0.25) is 0 Å². The lowest BCUT2D eigenvalue weighted by Crippen LogP contribution is -2.41. The summed E-state index contributed by atoms with van der Waals surface area (Å²) in [4.78, 5) is 14.9. The zero-order valence-electron chi connectivity index (χ0n) is 20.0. The summed E-state index contributed by atoms with van der Waals surface area (Å²) in [6, 6.07) is 33.1. The summed E-state index contributed by atoms with van der Waals surface area (Å²) in [6.07, 6.45) is 3.89. The maximum Gasteiger partial charge on any atom is 0.410 e. The predicted octanol–water partition coefficient (Wildman–Crippen LogP) is 5.77. The molecular formula is C29H35NO2P+. The first kappa shape index (κ1) is 23.5. The number of hydrogen-bond donors (Lipinski definition) is 0. The molecule has 0 spiro atoms. The number of benzene rings is 3. The highest BCUT2D eigenvalue weighted by atomic mass is 31.2. The Kier molecular flexibility index (Phi) is 7.20. The molecule has 0 saturated carbocycles. The van der Waals surface area contributed by atoms with E-state index >= 15 is 0 Å². The van der Waals surface area contributed by atoms with Crippen LogP contribution in [0, 0.1) is 0 Å². The average Bonchev–Trinajstić information content (AvgIpc) is 3.30. The third kappa shape index (κ3) is 5.31. The molecule has 1 aliphatic rings. The molecule has 33 heavy (non-hydrogen) atoms. The van der Waals surface area contributed by atoms with E-state index in [1.54, 1.807) is 0 Å². The van der Waals surface area contributed by atoms with Crippen LogP contribution in [0.3, 0.4) is 0 Å². The SMILES string of the molecule is CC(C)(C)OC(=O)N1CCCC1CC[P+](c1ccccc1)(c1ccccc1)c1ccccc1. The van der Waals surface area contributed by atoms with Gasteiger partial charge in [0.25, 0.3) is 0 Å². The third-order valence-corrected chi connectivity index (χ3v) is 10.9. The summed E-state index contributed by atoms with van der Waals surface area (Å²) in [5.74, 6) is 0. The molecular weight excluding hydrogens is 425 g/mol. The van der Waals surface area contributed by atoms with Gasteiger partial charge in [-0.15, -0.1) is 0 Å². The van der Waals surface area contributed by atoms with Crippen molar-refractivity contribution < 1.29 is 9.53 Å². The molecule has 1 aliphatic heterocycles. The Morgan fingerprint density at radius 3 is 1.73 bits per heavy atom. The van der Waals surface area contributed by atoms with Gasteiger partial charge < -0.3 is 9.64 Å². The Bertz CT molecular complexity index is 935. The normalized spacial score (nSPS) is 16.6. The van der Waals surface area contributed by atoms with Gasteiger partial charge in [-0.05, 0) is 70.0 Å². The fourth-order valence-electron chi connectivity index (χ4n) is 4.92. The van der Waals surface area contributed by atoms with Gasteiger partial charge in [-0.2, -0.15) is 0 Å². The van der Waals surface area contributed by atoms with Gasteiger partial charge in [0.1, 0.15) is 28.8 Å². The van der Waals surface area contributed by atoms with E-state index in [1.165, 1.54) is 15.9 Å². The van der Waals surface area contributed by atoms with E-state index < -0.39 is 12.9 Å². The summed E-state index contributed by atoms with van der Waals surface area (Å²) in [6.45, 7) is 6.60. The minimum Gasteiger partial charge on any atom is -0.444 e. The molecule has 1 amide bonds. The van der Waals surface area contributed by atoms with E-state index in [4.69, 9.17) is 4.74 Å².